The van der Waals surface area contributed by atoms with Crippen LogP contribution in [0, 0.1) is 0 Å². The van der Waals surface area contributed by atoms with Crippen molar-refractivity contribution in [1.29, 1.82) is 0 Å². The first-order valence-electron chi connectivity index (χ1n) is 10.9. The fourth-order valence-corrected chi connectivity index (χ4v) is 4.94. The average molecular weight is 648 g/mol. The Kier molecular flexibility index (Phi) is 8.34. The molecule has 0 spiro atoms. The van der Waals surface area contributed by atoms with E-state index in [0.29, 0.717) is 29.8 Å². The average Bonchev–Trinajstić information content (AvgIpc) is 2.82. The van der Waals surface area contributed by atoms with Gasteiger partial charge in [-0.15, -0.1) is 0 Å². The first kappa shape index (κ1) is 24.8. The standard InChI is InChI=1S/C26H22Br3N3O2/c1-2-3-7-25-31-24-11-10-19(27)13-22(24)26(33)32(25)30-15-17-5-4-6-21(12-17)34-16-18-8-9-20(28)14-23(18)29/h4-6,8-15H,2-3,7,16H2,1H3. The van der Waals surface area contributed by atoms with Gasteiger partial charge in [0.05, 0.1) is 17.1 Å². The molecule has 0 amide bonds. The van der Waals surface area contributed by atoms with Gasteiger partial charge in [-0.1, -0.05) is 79.3 Å². The quantitative estimate of drug-likeness (QED) is 0.186. The minimum Gasteiger partial charge on any atom is -0.489 e. The van der Waals surface area contributed by atoms with Crippen molar-refractivity contribution in [3.63, 3.8) is 0 Å². The minimum atomic E-state index is -0.179. The SMILES string of the molecule is CCCCc1nc2ccc(Br)cc2c(=O)n1N=Cc1cccc(OCc2ccc(Br)cc2Br)c1. The summed E-state index contributed by atoms with van der Waals surface area (Å²) in [6.07, 6.45) is 4.29. The normalized spacial score (nSPS) is 11.4. The molecule has 174 valence electrons. The lowest BCUT2D eigenvalue weighted by atomic mass is 10.2. The zero-order valence-corrected chi connectivity index (χ0v) is 23.2. The van der Waals surface area contributed by atoms with E-state index in [4.69, 9.17) is 9.72 Å². The molecule has 3 aromatic carbocycles. The summed E-state index contributed by atoms with van der Waals surface area (Å²) in [5.74, 6) is 1.38. The molecule has 1 heterocycles. The highest BCUT2D eigenvalue weighted by Crippen LogP contribution is 2.24. The third kappa shape index (κ3) is 6.03. The van der Waals surface area contributed by atoms with Crippen molar-refractivity contribution in [1.82, 2.24) is 9.66 Å². The monoisotopic (exact) mass is 645 g/mol. The molecular weight excluding hydrogens is 626 g/mol. The Morgan fingerprint density at radius 3 is 2.62 bits per heavy atom. The fraction of sp³-hybridized carbons (Fsp3) is 0.192. The maximum absolute atomic E-state index is 13.2. The van der Waals surface area contributed by atoms with E-state index in [-0.39, 0.29) is 5.56 Å². The van der Waals surface area contributed by atoms with Crippen molar-refractivity contribution >= 4 is 64.9 Å². The Bertz CT molecular complexity index is 1420. The largest absolute Gasteiger partial charge is 0.489 e. The van der Waals surface area contributed by atoms with E-state index < -0.39 is 0 Å². The molecule has 0 saturated heterocycles. The number of ether oxygens (including phenoxy) is 1. The molecule has 0 saturated carbocycles. The van der Waals surface area contributed by atoms with Crippen LogP contribution >= 0.6 is 47.8 Å². The van der Waals surface area contributed by atoms with Gasteiger partial charge in [-0.3, -0.25) is 4.79 Å². The molecule has 0 bridgehead atoms. The summed E-state index contributed by atoms with van der Waals surface area (Å²) in [6, 6.07) is 19.2. The van der Waals surface area contributed by atoms with Crippen molar-refractivity contribution < 1.29 is 4.74 Å². The number of aromatic nitrogens is 2. The van der Waals surface area contributed by atoms with Crippen LogP contribution < -0.4 is 10.3 Å². The number of hydrogen-bond donors (Lipinski definition) is 0. The molecule has 0 aliphatic rings. The fourth-order valence-electron chi connectivity index (χ4n) is 3.42. The summed E-state index contributed by atoms with van der Waals surface area (Å²) in [6.45, 7) is 2.54. The first-order valence-corrected chi connectivity index (χ1v) is 13.2. The van der Waals surface area contributed by atoms with E-state index in [9.17, 15) is 4.79 Å². The third-order valence-electron chi connectivity index (χ3n) is 5.22. The zero-order valence-electron chi connectivity index (χ0n) is 18.5. The van der Waals surface area contributed by atoms with E-state index in [1.807, 2.05) is 54.6 Å². The van der Waals surface area contributed by atoms with Crippen LogP contribution in [0.4, 0.5) is 0 Å². The molecule has 0 radical (unpaired) electrons. The second-order valence-electron chi connectivity index (χ2n) is 7.75. The number of rotatable bonds is 8. The molecule has 8 heteroatoms. The number of aryl methyl sites for hydroxylation is 1. The van der Waals surface area contributed by atoms with Crippen LogP contribution in [-0.2, 0) is 13.0 Å². The highest BCUT2D eigenvalue weighted by molar-refractivity contribution is 9.11. The molecule has 4 rings (SSSR count). The molecule has 34 heavy (non-hydrogen) atoms. The molecule has 1 aromatic heterocycles. The van der Waals surface area contributed by atoms with Gasteiger partial charge in [-0.05, 0) is 54.4 Å². The molecule has 0 unspecified atom stereocenters. The Balaban J connectivity index is 1.61. The Labute approximate surface area is 223 Å². The Morgan fingerprint density at radius 1 is 1.03 bits per heavy atom. The third-order valence-corrected chi connectivity index (χ3v) is 6.94. The maximum atomic E-state index is 13.2. The second kappa shape index (κ2) is 11.4. The van der Waals surface area contributed by atoms with Crippen molar-refractivity contribution in [3.05, 3.63) is 101 Å². The second-order valence-corrected chi connectivity index (χ2v) is 10.4. The molecular formula is C26H22Br3N3O2. The highest BCUT2D eigenvalue weighted by Gasteiger charge is 2.11. The number of fused-ring (bicyclic) bond motifs is 1. The molecule has 0 atom stereocenters. The Morgan fingerprint density at radius 2 is 1.82 bits per heavy atom. The van der Waals surface area contributed by atoms with E-state index in [1.54, 1.807) is 12.3 Å². The topological polar surface area (TPSA) is 56.5 Å². The predicted octanol–water partition coefficient (Wildman–Crippen LogP) is 7.49. The van der Waals surface area contributed by atoms with Gasteiger partial charge in [-0.2, -0.15) is 9.78 Å². The van der Waals surface area contributed by atoms with Crippen molar-refractivity contribution in [2.24, 2.45) is 5.10 Å². The van der Waals surface area contributed by atoms with Crippen LogP contribution in [-0.4, -0.2) is 15.9 Å². The van der Waals surface area contributed by atoms with Crippen LogP contribution in [0.25, 0.3) is 10.9 Å². The summed E-state index contributed by atoms with van der Waals surface area (Å²) in [4.78, 5) is 17.9. The van der Waals surface area contributed by atoms with Gasteiger partial charge in [0.2, 0.25) is 0 Å². The van der Waals surface area contributed by atoms with Crippen LogP contribution in [0.5, 0.6) is 5.75 Å². The summed E-state index contributed by atoms with van der Waals surface area (Å²) in [7, 11) is 0. The number of halogens is 3. The van der Waals surface area contributed by atoms with Crippen LogP contribution in [0.2, 0.25) is 0 Å². The van der Waals surface area contributed by atoms with Crippen molar-refractivity contribution in [3.8, 4) is 5.75 Å². The van der Waals surface area contributed by atoms with Crippen molar-refractivity contribution in [2.45, 2.75) is 32.8 Å². The van der Waals surface area contributed by atoms with Gasteiger partial charge in [0, 0.05) is 25.4 Å². The molecule has 5 nitrogen and oxygen atoms in total. The summed E-state index contributed by atoms with van der Waals surface area (Å²) >= 11 is 10.5. The summed E-state index contributed by atoms with van der Waals surface area (Å²) in [5.41, 5.74) is 2.37. The van der Waals surface area contributed by atoms with Crippen LogP contribution in [0.15, 0.2) is 84.0 Å². The van der Waals surface area contributed by atoms with E-state index in [2.05, 4.69) is 59.8 Å². The molecule has 0 fully saturated rings. The minimum absolute atomic E-state index is 0.179. The van der Waals surface area contributed by atoms with Crippen LogP contribution in [0.1, 0.15) is 36.7 Å². The van der Waals surface area contributed by atoms with Gasteiger partial charge >= 0.3 is 0 Å². The molecule has 4 aromatic rings. The van der Waals surface area contributed by atoms with Gasteiger partial charge in [0.1, 0.15) is 18.2 Å². The first-order chi connectivity index (χ1) is 16.4. The van der Waals surface area contributed by atoms with E-state index in [1.165, 1.54) is 4.68 Å². The smallest absolute Gasteiger partial charge is 0.282 e. The van der Waals surface area contributed by atoms with Gasteiger partial charge in [0.15, 0.2) is 0 Å². The molecule has 0 aliphatic carbocycles. The summed E-state index contributed by atoms with van der Waals surface area (Å²) in [5, 5.41) is 5.06. The summed E-state index contributed by atoms with van der Waals surface area (Å²) < 4.78 is 10.2. The van der Waals surface area contributed by atoms with E-state index >= 15 is 0 Å². The lowest BCUT2D eigenvalue weighted by Crippen LogP contribution is -2.22. The van der Waals surface area contributed by atoms with Gasteiger partial charge in [0.25, 0.3) is 5.56 Å². The molecule has 0 N–H and O–H groups in total. The van der Waals surface area contributed by atoms with Gasteiger partial charge < -0.3 is 4.74 Å². The number of benzene rings is 3. The maximum Gasteiger partial charge on any atom is 0.282 e. The lowest BCUT2D eigenvalue weighted by Gasteiger charge is -2.10. The Hall–Kier alpha value is -2.29. The predicted molar refractivity (Wildman–Crippen MR) is 148 cm³/mol. The number of hydrogen-bond acceptors (Lipinski definition) is 4. The van der Waals surface area contributed by atoms with Crippen molar-refractivity contribution in [2.75, 3.05) is 0 Å². The number of nitrogens with zero attached hydrogens (tertiary/aromatic N) is 3. The molecule has 0 aliphatic heterocycles. The number of unbranched alkanes of at least 4 members (excludes halogenated alkanes) is 1. The van der Waals surface area contributed by atoms with E-state index in [0.717, 1.165) is 43.1 Å². The zero-order chi connectivity index (χ0) is 24.1. The lowest BCUT2D eigenvalue weighted by molar-refractivity contribution is 0.305. The highest BCUT2D eigenvalue weighted by atomic mass is 79.9. The van der Waals surface area contributed by atoms with Gasteiger partial charge in [-0.25, -0.2) is 4.98 Å². The van der Waals surface area contributed by atoms with Crippen LogP contribution in [0.3, 0.4) is 0 Å².